The standard InChI is InChI=1S/C34H21N3.C2H6/c1-2-4-22(5-3-1)23-6-8-24(9-7-23)25-10-12-26(13-11-25)27-18-30-28-14-16-35-20-32(28)37-33-21-36-17-15-29(33)31(19-27)34(30)37;1-2/h1-21H;1-2H3. The van der Waals surface area contributed by atoms with Crippen LogP contribution in [0.5, 0.6) is 0 Å². The fraction of sp³-hybridized carbons (Fsp3) is 0.0556. The Hall–Kier alpha value is -5.02. The van der Waals surface area contributed by atoms with Gasteiger partial charge in [0.25, 0.3) is 0 Å². The lowest BCUT2D eigenvalue weighted by Crippen LogP contribution is -1.83. The van der Waals surface area contributed by atoms with Gasteiger partial charge in [-0.25, -0.2) is 0 Å². The van der Waals surface area contributed by atoms with Crippen molar-refractivity contribution < 1.29 is 0 Å². The van der Waals surface area contributed by atoms with Crippen molar-refractivity contribution in [2.75, 3.05) is 0 Å². The van der Waals surface area contributed by atoms with Crippen molar-refractivity contribution in [2.24, 2.45) is 0 Å². The minimum absolute atomic E-state index is 1.12. The Balaban J connectivity index is 0.00000124. The van der Waals surface area contributed by atoms with Crippen LogP contribution in [0.15, 0.2) is 128 Å². The van der Waals surface area contributed by atoms with Gasteiger partial charge < -0.3 is 4.40 Å². The minimum atomic E-state index is 1.12. The third-order valence-corrected chi connectivity index (χ3v) is 7.54. The molecular formula is C36H27N3. The largest absolute Gasteiger partial charge is 0.305 e. The molecule has 4 aromatic heterocycles. The average molecular weight is 502 g/mol. The zero-order valence-corrected chi connectivity index (χ0v) is 22.0. The molecule has 0 amide bonds. The summed E-state index contributed by atoms with van der Waals surface area (Å²) in [7, 11) is 0. The molecule has 0 bridgehead atoms. The molecule has 3 heteroatoms. The molecule has 186 valence electrons. The molecule has 0 saturated carbocycles. The monoisotopic (exact) mass is 501 g/mol. The van der Waals surface area contributed by atoms with E-state index in [9.17, 15) is 0 Å². The molecule has 0 radical (unpaired) electrons. The molecule has 4 aromatic carbocycles. The van der Waals surface area contributed by atoms with Crippen LogP contribution in [0.4, 0.5) is 0 Å². The van der Waals surface area contributed by atoms with Crippen molar-refractivity contribution in [3.8, 4) is 33.4 Å². The van der Waals surface area contributed by atoms with Gasteiger partial charge in [-0.15, -0.1) is 0 Å². The Morgan fingerprint density at radius 2 is 0.846 bits per heavy atom. The molecule has 0 aliphatic carbocycles. The predicted molar refractivity (Wildman–Crippen MR) is 164 cm³/mol. The van der Waals surface area contributed by atoms with Gasteiger partial charge in [-0.2, -0.15) is 0 Å². The van der Waals surface area contributed by atoms with E-state index in [4.69, 9.17) is 0 Å². The van der Waals surface area contributed by atoms with E-state index in [2.05, 4.69) is 117 Å². The maximum absolute atomic E-state index is 4.41. The van der Waals surface area contributed by atoms with Crippen LogP contribution in [0.3, 0.4) is 0 Å². The third-order valence-electron chi connectivity index (χ3n) is 7.54. The molecule has 8 rings (SSSR count). The quantitative estimate of drug-likeness (QED) is 0.241. The molecule has 8 aromatic rings. The van der Waals surface area contributed by atoms with Crippen molar-refractivity contribution in [1.29, 1.82) is 0 Å². The van der Waals surface area contributed by atoms with Gasteiger partial charge >= 0.3 is 0 Å². The van der Waals surface area contributed by atoms with E-state index in [0.717, 1.165) is 11.0 Å². The van der Waals surface area contributed by atoms with Crippen LogP contribution >= 0.6 is 0 Å². The fourth-order valence-electron chi connectivity index (χ4n) is 5.75. The van der Waals surface area contributed by atoms with Crippen LogP contribution in [-0.4, -0.2) is 14.4 Å². The van der Waals surface area contributed by atoms with Gasteiger partial charge in [0.2, 0.25) is 0 Å². The lowest BCUT2D eigenvalue weighted by Gasteiger charge is -2.08. The van der Waals surface area contributed by atoms with E-state index in [1.54, 1.807) is 0 Å². The molecule has 0 unspecified atom stereocenters. The van der Waals surface area contributed by atoms with Crippen LogP contribution in [0.1, 0.15) is 13.8 Å². The molecule has 39 heavy (non-hydrogen) atoms. The smallest absolute Gasteiger partial charge is 0.0725 e. The first-order valence-electron chi connectivity index (χ1n) is 13.5. The van der Waals surface area contributed by atoms with Crippen molar-refractivity contribution in [3.63, 3.8) is 0 Å². The van der Waals surface area contributed by atoms with E-state index in [1.165, 1.54) is 60.4 Å². The molecule has 0 spiro atoms. The Morgan fingerprint density at radius 1 is 0.436 bits per heavy atom. The Kier molecular flexibility index (Phi) is 5.56. The summed E-state index contributed by atoms with van der Waals surface area (Å²) in [6, 6.07) is 37.1. The number of hydrogen-bond acceptors (Lipinski definition) is 2. The fourth-order valence-corrected chi connectivity index (χ4v) is 5.75. The number of benzene rings is 4. The number of fused-ring (bicyclic) bond motifs is 6. The Morgan fingerprint density at radius 3 is 1.31 bits per heavy atom. The lowest BCUT2D eigenvalue weighted by atomic mass is 9.96. The van der Waals surface area contributed by atoms with Gasteiger partial charge in [-0.3, -0.25) is 9.97 Å². The summed E-state index contributed by atoms with van der Waals surface area (Å²) in [5.74, 6) is 0. The second-order valence-corrected chi connectivity index (χ2v) is 9.56. The molecular weight excluding hydrogens is 474 g/mol. The van der Waals surface area contributed by atoms with Gasteiger partial charge in [-0.05, 0) is 57.6 Å². The van der Waals surface area contributed by atoms with Gasteiger partial charge in [0.05, 0.1) is 28.9 Å². The number of pyridine rings is 2. The molecule has 0 aliphatic heterocycles. The highest BCUT2D eigenvalue weighted by atomic mass is 14.9. The van der Waals surface area contributed by atoms with Gasteiger partial charge in [0.15, 0.2) is 0 Å². The summed E-state index contributed by atoms with van der Waals surface area (Å²) < 4.78 is 2.31. The highest BCUT2D eigenvalue weighted by Gasteiger charge is 2.18. The normalized spacial score (nSPS) is 11.3. The number of nitrogens with zero attached hydrogens (tertiary/aromatic N) is 3. The van der Waals surface area contributed by atoms with Crippen molar-refractivity contribution >= 4 is 38.1 Å². The number of rotatable bonds is 3. The summed E-state index contributed by atoms with van der Waals surface area (Å²) in [6.07, 6.45) is 7.67. The summed E-state index contributed by atoms with van der Waals surface area (Å²) in [6.45, 7) is 4.00. The van der Waals surface area contributed by atoms with E-state index >= 15 is 0 Å². The van der Waals surface area contributed by atoms with Crippen molar-refractivity contribution in [2.45, 2.75) is 13.8 Å². The zero-order valence-electron chi connectivity index (χ0n) is 22.0. The van der Waals surface area contributed by atoms with Crippen molar-refractivity contribution in [3.05, 3.63) is 128 Å². The van der Waals surface area contributed by atoms with Gasteiger partial charge in [-0.1, -0.05) is 92.7 Å². The minimum Gasteiger partial charge on any atom is -0.305 e. The predicted octanol–water partition coefficient (Wildman–Crippen LogP) is 9.65. The van der Waals surface area contributed by atoms with E-state index in [1.807, 2.05) is 38.6 Å². The Bertz CT molecular complexity index is 1970. The van der Waals surface area contributed by atoms with E-state index < -0.39 is 0 Å². The zero-order chi connectivity index (χ0) is 26.3. The first kappa shape index (κ1) is 23.1. The molecule has 0 fully saturated rings. The van der Waals surface area contributed by atoms with Crippen LogP contribution in [0, 0.1) is 0 Å². The van der Waals surface area contributed by atoms with Gasteiger partial charge in [0.1, 0.15) is 0 Å². The maximum Gasteiger partial charge on any atom is 0.0725 e. The van der Waals surface area contributed by atoms with Crippen LogP contribution in [0.2, 0.25) is 0 Å². The second-order valence-electron chi connectivity index (χ2n) is 9.56. The summed E-state index contributed by atoms with van der Waals surface area (Å²) >= 11 is 0. The average Bonchev–Trinajstić information content (AvgIpc) is 3.54. The maximum atomic E-state index is 4.41. The number of hydrogen-bond donors (Lipinski definition) is 0. The first-order chi connectivity index (χ1) is 19.3. The third kappa shape index (κ3) is 3.66. The van der Waals surface area contributed by atoms with Crippen LogP contribution < -0.4 is 0 Å². The molecule has 0 saturated heterocycles. The summed E-state index contributed by atoms with van der Waals surface area (Å²) in [4.78, 5) is 8.83. The second kappa shape index (κ2) is 9.38. The van der Waals surface area contributed by atoms with E-state index in [-0.39, 0.29) is 0 Å². The first-order valence-corrected chi connectivity index (χ1v) is 13.5. The van der Waals surface area contributed by atoms with Crippen LogP contribution in [0.25, 0.3) is 71.5 Å². The SMILES string of the molecule is CC.c1ccc(-c2ccc(-c3ccc(-c4cc5c6ccncc6n6c7cnccc7c(c4)c56)cc3)cc2)cc1. The highest BCUT2D eigenvalue weighted by molar-refractivity contribution is 6.24. The molecule has 0 N–H and O–H groups in total. The topological polar surface area (TPSA) is 30.2 Å². The number of aromatic nitrogens is 3. The highest BCUT2D eigenvalue weighted by Crippen LogP contribution is 2.41. The van der Waals surface area contributed by atoms with Gasteiger partial charge in [0, 0.05) is 33.9 Å². The summed E-state index contributed by atoms with van der Waals surface area (Å²) in [5, 5.41) is 4.94. The summed E-state index contributed by atoms with van der Waals surface area (Å²) in [5.41, 5.74) is 10.8. The molecule has 0 aliphatic rings. The van der Waals surface area contributed by atoms with Crippen molar-refractivity contribution in [1.82, 2.24) is 14.4 Å². The van der Waals surface area contributed by atoms with Crippen LogP contribution in [-0.2, 0) is 0 Å². The Labute approximate surface area is 227 Å². The van der Waals surface area contributed by atoms with E-state index in [0.29, 0.717) is 0 Å². The molecule has 0 atom stereocenters. The lowest BCUT2D eigenvalue weighted by molar-refractivity contribution is 1.27. The molecule has 3 nitrogen and oxygen atoms in total. The molecule has 4 heterocycles.